The van der Waals surface area contributed by atoms with Gasteiger partial charge in [0.05, 0.1) is 23.3 Å². The molecule has 0 saturated heterocycles. The zero-order valence-electron chi connectivity index (χ0n) is 18.8. The number of aromatic nitrogens is 2. The van der Waals surface area contributed by atoms with Crippen molar-refractivity contribution in [2.45, 2.75) is 59.8 Å². The molecule has 4 rings (SSSR count). The summed E-state index contributed by atoms with van der Waals surface area (Å²) in [5.74, 6) is 1.51. The molecule has 0 saturated carbocycles. The molecule has 2 aromatic carbocycles. The van der Waals surface area contributed by atoms with Gasteiger partial charge in [0.1, 0.15) is 5.82 Å². The van der Waals surface area contributed by atoms with E-state index in [4.69, 9.17) is 10.7 Å². The van der Waals surface area contributed by atoms with Crippen molar-refractivity contribution in [3.63, 3.8) is 0 Å². The predicted molar refractivity (Wildman–Crippen MR) is 126 cm³/mol. The molecule has 1 aliphatic rings. The molecular formula is C25H33N5O. The number of anilines is 1. The molecule has 0 aliphatic carbocycles. The first kappa shape index (κ1) is 21.4. The van der Waals surface area contributed by atoms with Crippen molar-refractivity contribution in [3.8, 4) is 0 Å². The van der Waals surface area contributed by atoms with E-state index in [0.717, 1.165) is 54.0 Å². The summed E-state index contributed by atoms with van der Waals surface area (Å²) in [6, 6.07) is 14.5. The minimum atomic E-state index is 0.0608. The Bertz CT molecular complexity index is 1070. The van der Waals surface area contributed by atoms with Crippen LogP contribution >= 0.6 is 0 Å². The maximum Gasteiger partial charge on any atom is 0.325 e. The highest BCUT2D eigenvalue weighted by Gasteiger charge is 2.31. The molecule has 2 heterocycles. The monoisotopic (exact) mass is 419 g/mol. The Balaban J connectivity index is 1.75. The molecule has 0 bridgehead atoms. The van der Waals surface area contributed by atoms with E-state index in [9.17, 15) is 4.79 Å². The van der Waals surface area contributed by atoms with Crippen LogP contribution in [0.15, 0.2) is 42.5 Å². The summed E-state index contributed by atoms with van der Waals surface area (Å²) < 4.78 is 2.28. The highest BCUT2D eigenvalue weighted by atomic mass is 16.2. The van der Waals surface area contributed by atoms with E-state index in [1.54, 1.807) is 0 Å². The number of nitrogens with two attached hydrogens (primary N) is 1. The molecule has 0 unspecified atom stereocenters. The molecule has 6 nitrogen and oxygen atoms in total. The lowest BCUT2D eigenvalue weighted by atomic mass is 10.1. The van der Waals surface area contributed by atoms with Crippen molar-refractivity contribution in [1.29, 1.82) is 0 Å². The van der Waals surface area contributed by atoms with Crippen LogP contribution in [0, 0.1) is 5.92 Å². The average molecular weight is 420 g/mol. The largest absolute Gasteiger partial charge is 0.326 e. The summed E-state index contributed by atoms with van der Waals surface area (Å²) in [6.45, 7) is 9.84. The highest BCUT2D eigenvalue weighted by Crippen LogP contribution is 2.31. The number of hydrogen-bond acceptors (Lipinski definition) is 3. The molecule has 6 heteroatoms. The van der Waals surface area contributed by atoms with Gasteiger partial charge in [0.15, 0.2) is 0 Å². The lowest BCUT2D eigenvalue weighted by molar-refractivity contribution is 0.197. The Labute approximate surface area is 184 Å². The maximum atomic E-state index is 13.4. The van der Waals surface area contributed by atoms with Gasteiger partial charge in [-0.05, 0) is 48.1 Å². The minimum absolute atomic E-state index is 0.0608. The van der Waals surface area contributed by atoms with Crippen LogP contribution in [0.25, 0.3) is 11.0 Å². The summed E-state index contributed by atoms with van der Waals surface area (Å²) >= 11 is 0. The Kier molecular flexibility index (Phi) is 6.28. The number of nitrogens with zero attached hydrogens (tertiary/aromatic N) is 4. The fourth-order valence-corrected chi connectivity index (χ4v) is 4.30. The van der Waals surface area contributed by atoms with Crippen LogP contribution in [-0.2, 0) is 26.2 Å². The zero-order valence-corrected chi connectivity index (χ0v) is 18.8. The molecule has 2 amide bonds. The molecule has 0 atom stereocenters. The van der Waals surface area contributed by atoms with Gasteiger partial charge in [0.2, 0.25) is 0 Å². The van der Waals surface area contributed by atoms with Crippen LogP contribution < -0.4 is 10.6 Å². The van der Waals surface area contributed by atoms with E-state index >= 15 is 0 Å². The number of rotatable bonds is 8. The first-order chi connectivity index (χ1) is 15.0. The number of benzene rings is 2. The quantitative estimate of drug-likeness (QED) is 0.565. The number of para-hydroxylation sites is 1. The van der Waals surface area contributed by atoms with Crippen LogP contribution in [0.2, 0.25) is 0 Å². The number of imidazole rings is 1. The Hall–Kier alpha value is -2.86. The third-order valence-corrected chi connectivity index (χ3v) is 6.00. The second kappa shape index (κ2) is 9.10. The first-order valence-electron chi connectivity index (χ1n) is 11.3. The van der Waals surface area contributed by atoms with Crippen molar-refractivity contribution in [2.75, 3.05) is 11.4 Å². The van der Waals surface area contributed by atoms with Crippen LogP contribution in [0.1, 0.15) is 50.6 Å². The summed E-state index contributed by atoms with van der Waals surface area (Å²) in [4.78, 5) is 22.2. The number of urea groups is 1. The second-order valence-electron chi connectivity index (χ2n) is 8.81. The topological polar surface area (TPSA) is 67.4 Å². The number of amides is 2. The van der Waals surface area contributed by atoms with Gasteiger partial charge in [-0.25, -0.2) is 9.78 Å². The molecule has 0 fully saturated rings. The predicted octanol–water partition coefficient (Wildman–Crippen LogP) is 4.89. The van der Waals surface area contributed by atoms with Gasteiger partial charge >= 0.3 is 6.03 Å². The van der Waals surface area contributed by atoms with Gasteiger partial charge in [-0.1, -0.05) is 45.0 Å². The fourth-order valence-electron chi connectivity index (χ4n) is 4.30. The molecule has 3 aromatic rings. The molecule has 164 valence electrons. The molecular weight excluding hydrogens is 386 g/mol. The summed E-state index contributed by atoms with van der Waals surface area (Å²) in [5, 5.41) is 0. The maximum absolute atomic E-state index is 13.4. The standard InChI is InChI=1S/C25H33N5O/c1-4-12-28-16-20-7-5-6-8-22(20)30(25(28)31)17-24-27-21-14-19(15-26)9-10-23(21)29(24)13-11-18(2)3/h5-10,14,18H,4,11-13,15-17,26H2,1-3H3. The number of aryl methyl sites for hydroxylation is 1. The average Bonchev–Trinajstić information content (AvgIpc) is 3.11. The van der Waals surface area contributed by atoms with Gasteiger partial charge in [-0.2, -0.15) is 0 Å². The lowest BCUT2D eigenvalue weighted by Crippen LogP contribution is -2.47. The van der Waals surface area contributed by atoms with Gasteiger partial charge in [-0.15, -0.1) is 0 Å². The van der Waals surface area contributed by atoms with Crippen LogP contribution in [0.5, 0.6) is 0 Å². The van der Waals surface area contributed by atoms with E-state index in [1.165, 1.54) is 5.56 Å². The van der Waals surface area contributed by atoms with E-state index in [-0.39, 0.29) is 6.03 Å². The lowest BCUT2D eigenvalue weighted by Gasteiger charge is -2.37. The van der Waals surface area contributed by atoms with Gasteiger partial charge < -0.3 is 15.2 Å². The third kappa shape index (κ3) is 4.30. The Morgan fingerprint density at radius 3 is 2.68 bits per heavy atom. The molecule has 1 aromatic heterocycles. The normalized spacial score (nSPS) is 14.0. The van der Waals surface area contributed by atoms with Crippen molar-refractivity contribution in [2.24, 2.45) is 11.7 Å². The highest BCUT2D eigenvalue weighted by molar-refractivity contribution is 5.94. The molecule has 1 aliphatic heterocycles. The fraction of sp³-hybridized carbons (Fsp3) is 0.440. The molecule has 0 radical (unpaired) electrons. The van der Waals surface area contributed by atoms with Gasteiger partial charge in [-0.3, -0.25) is 4.90 Å². The molecule has 0 spiro atoms. The SMILES string of the molecule is CCCN1Cc2ccccc2N(Cc2nc3cc(CN)ccc3n2CCC(C)C)C1=O. The third-order valence-electron chi connectivity index (χ3n) is 6.00. The number of carbonyl (C=O) groups is 1. The minimum Gasteiger partial charge on any atom is -0.326 e. The number of hydrogen-bond donors (Lipinski definition) is 1. The Morgan fingerprint density at radius 2 is 1.94 bits per heavy atom. The van der Waals surface area contributed by atoms with Crippen LogP contribution in [0.4, 0.5) is 10.5 Å². The van der Waals surface area contributed by atoms with E-state index in [0.29, 0.717) is 25.6 Å². The number of carbonyl (C=O) groups excluding carboxylic acids is 1. The van der Waals surface area contributed by atoms with Gasteiger partial charge in [0, 0.05) is 26.2 Å². The Morgan fingerprint density at radius 1 is 1.13 bits per heavy atom. The van der Waals surface area contributed by atoms with E-state index < -0.39 is 0 Å². The van der Waals surface area contributed by atoms with E-state index in [1.807, 2.05) is 28.0 Å². The van der Waals surface area contributed by atoms with Crippen molar-refractivity contribution in [1.82, 2.24) is 14.5 Å². The second-order valence-corrected chi connectivity index (χ2v) is 8.81. The van der Waals surface area contributed by atoms with Crippen molar-refractivity contribution < 1.29 is 4.79 Å². The summed E-state index contributed by atoms with van der Waals surface area (Å²) in [6.07, 6.45) is 2.00. The zero-order chi connectivity index (χ0) is 22.0. The van der Waals surface area contributed by atoms with Crippen molar-refractivity contribution >= 4 is 22.8 Å². The van der Waals surface area contributed by atoms with Crippen LogP contribution in [-0.4, -0.2) is 27.0 Å². The molecule has 2 N–H and O–H groups in total. The van der Waals surface area contributed by atoms with Crippen LogP contribution in [0.3, 0.4) is 0 Å². The smallest absolute Gasteiger partial charge is 0.325 e. The van der Waals surface area contributed by atoms with E-state index in [2.05, 4.69) is 49.6 Å². The summed E-state index contributed by atoms with van der Waals surface area (Å²) in [5.41, 5.74) is 11.2. The number of fused-ring (bicyclic) bond motifs is 2. The van der Waals surface area contributed by atoms with Gasteiger partial charge in [0.25, 0.3) is 0 Å². The molecule has 31 heavy (non-hydrogen) atoms. The first-order valence-corrected chi connectivity index (χ1v) is 11.3. The van der Waals surface area contributed by atoms with Crippen molar-refractivity contribution in [3.05, 3.63) is 59.4 Å². The summed E-state index contributed by atoms with van der Waals surface area (Å²) in [7, 11) is 0.